The molecule has 0 aliphatic carbocycles. The highest BCUT2D eigenvalue weighted by molar-refractivity contribution is 7.98. The molecular formula is C14H24N2S. The van der Waals surface area contributed by atoms with Gasteiger partial charge in [0.25, 0.3) is 0 Å². The molecule has 0 radical (unpaired) electrons. The third-order valence-corrected chi connectivity index (χ3v) is 3.90. The topological polar surface area (TPSA) is 29.3 Å². The molecular weight excluding hydrogens is 228 g/mol. The van der Waals surface area contributed by atoms with Gasteiger partial charge in [-0.05, 0) is 56.5 Å². The lowest BCUT2D eigenvalue weighted by Crippen LogP contribution is -2.29. The number of hydrogen-bond acceptors (Lipinski definition) is 3. The molecule has 1 unspecified atom stereocenters. The minimum atomic E-state index is 0.625. The van der Waals surface area contributed by atoms with Gasteiger partial charge in [-0.2, -0.15) is 11.8 Å². The molecule has 3 heteroatoms. The van der Waals surface area contributed by atoms with Crippen LogP contribution >= 0.6 is 11.8 Å². The Morgan fingerprint density at radius 2 is 2.12 bits per heavy atom. The first kappa shape index (κ1) is 14.4. The van der Waals surface area contributed by atoms with Gasteiger partial charge in [0.1, 0.15) is 0 Å². The third-order valence-electron chi connectivity index (χ3n) is 3.26. The van der Waals surface area contributed by atoms with Crippen molar-refractivity contribution < 1.29 is 0 Å². The van der Waals surface area contributed by atoms with Crippen LogP contribution in [-0.4, -0.2) is 30.0 Å². The molecule has 96 valence electrons. The van der Waals surface area contributed by atoms with E-state index in [2.05, 4.69) is 44.2 Å². The highest BCUT2D eigenvalue weighted by Crippen LogP contribution is 2.15. The third kappa shape index (κ3) is 4.60. The van der Waals surface area contributed by atoms with Crippen LogP contribution in [0.5, 0.6) is 0 Å². The second kappa shape index (κ2) is 6.92. The number of thioether (sulfide) groups is 1. The van der Waals surface area contributed by atoms with Crippen LogP contribution < -0.4 is 5.73 Å². The smallest absolute Gasteiger partial charge is 0.0343 e. The van der Waals surface area contributed by atoms with Crippen molar-refractivity contribution in [3.05, 3.63) is 29.3 Å². The fourth-order valence-electron chi connectivity index (χ4n) is 1.79. The van der Waals surface area contributed by atoms with Gasteiger partial charge in [0, 0.05) is 18.3 Å². The molecule has 0 amide bonds. The number of anilines is 1. The second-order valence-electron chi connectivity index (χ2n) is 4.74. The van der Waals surface area contributed by atoms with E-state index in [9.17, 15) is 0 Å². The minimum Gasteiger partial charge on any atom is -0.399 e. The van der Waals surface area contributed by atoms with Gasteiger partial charge in [-0.25, -0.2) is 0 Å². The van der Waals surface area contributed by atoms with Crippen molar-refractivity contribution >= 4 is 17.4 Å². The fraction of sp³-hybridized carbons (Fsp3) is 0.571. The molecule has 1 aromatic carbocycles. The zero-order valence-corrected chi connectivity index (χ0v) is 12.2. The maximum absolute atomic E-state index is 5.83. The van der Waals surface area contributed by atoms with Crippen LogP contribution in [0.15, 0.2) is 18.2 Å². The van der Waals surface area contributed by atoms with Crippen molar-refractivity contribution in [1.82, 2.24) is 4.90 Å². The van der Waals surface area contributed by atoms with E-state index in [0.717, 1.165) is 12.2 Å². The molecule has 0 bridgehead atoms. The molecule has 0 aromatic heterocycles. The standard InChI is InChI=1S/C14H24N2S/c1-11-9-13(5-6-14(11)15)10-16(3)12(2)7-8-17-4/h5-6,9,12H,7-8,10,15H2,1-4H3. The van der Waals surface area contributed by atoms with Crippen molar-refractivity contribution in [2.24, 2.45) is 0 Å². The van der Waals surface area contributed by atoms with E-state index < -0.39 is 0 Å². The summed E-state index contributed by atoms with van der Waals surface area (Å²) in [7, 11) is 2.19. The van der Waals surface area contributed by atoms with Crippen LogP contribution in [0.3, 0.4) is 0 Å². The monoisotopic (exact) mass is 252 g/mol. The lowest BCUT2D eigenvalue weighted by Gasteiger charge is -2.24. The molecule has 2 N–H and O–H groups in total. The van der Waals surface area contributed by atoms with E-state index in [1.165, 1.54) is 23.3 Å². The van der Waals surface area contributed by atoms with Gasteiger partial charge >= 0.3 is 0 Å². The number of rotatable bonds is 6. The molecule has 0 aliphatic rings. The van der Waals surface area contributed by atoms with Gasteiger partial charge < -0.3 is 5.73 Å². The van der Waals surface area contributed by atoms with E-state index in [0.29, 0.717) is 6.04 Å². The predicted octanol–water partition coefficient (Wildman–Crippen LogP) is 3.15. The fourth-order valence-corrected chi connectivity index (χ4v) is 2.37. The lowest BCUT2D eigenvalue weighted by atomic mass is 10.1. The number of nitrogen functional groups attached to an aromatic ring is 1. The van der Waals surface area contributed by atoms with Gasteiger partial charge in [0.15, 0.2) is 0 Å². The number of nitrogens with zero attached hydrogens (tertiary/aromatic N) is 1. The average Bonchev–Trinajstić information content (AvgIpc) is 2.30. The summed E-state index contributed by atoms with van der Waals surface area (Å²) >= 11 is 1.91. The molecule has 2 nitrogen and oxygen atoms in total. The van der Waals surface area contributed by atoms with Crippen LogP contribution in [0, 0.1) is 6.92 Å². The second-order valence-corrected chi connectivity index (χ2v) is 5.72. The van der Waals surface area contributed by atoms with Gasteiger partial charge in [-0.15, -0.1) is 0 Å². The maximum Gasteiger partial charge on any atom is 0.0343 e. The van der Waals surface area contributed by atoms with Crippen molar-refractivity contribution in [1.29, 1.82) is 0 Å². The van der Waals surface area contributed by atoms with E-state index in [-0.39, 0.29) is 0 Å². The van der Waals surface area contributed by atoms with Gasteiger partial charge in [0.05, 0.1) is 0 Å². The molecule has 17 heavy (non-hydrogen) atoms. The Bertz CT molecular complexity index is 352. The summed E-state index contributed by atoms with van der Waals surface area (Å²) in [4.78, 5) is 2.40. The van der Waals surface area contributed by atoms with Gasteiger partial charge in [-0.3, -0.25) is 4.90 Å². The zero-order valence-electron chi connectivity index (χ0n) is 11.4. The van der Waals surface area contributed by atoms with Crippen molar-refractivity contribution in [2.75, 3.05) is 24.8 Å². The van der Waals surface area contributed by atoms with Gasteiger partial charge in [0.2, 0.25) is 0 Å². The largest absolute Gasteiger partial charge is 0.399 e. The quantitative estimate of drug-likeness (QED) is 0.789. The zero-order chi connectivity index (χ0) is 12.8. The average molecular weight is 252 g/mol. The first-order chi connectivity index (χ1) is 8.04. The van der Waals surface area contributed by atoms with Crippen molar-refractivity contribution in [2.45, 2.75) is 32.9 Å². The Labute approximate surface area is 110 Å². The number of aryl methyl sites for hydroxylation is 1. The van der Waals surface area contributed by atoms with Crippen LogP contribution in [0.1, 0.15) is 24.5 Å². The summed E-state index contributed by atoms with van der Waals surface area (Å²) in [6.45, 7) is 5.35. The van der Waals surface area contributed by atoms with Crippen LogP contribution in [0.25, 0.3) is 0 Å². The molecule has 0 heterocycles. The Balaban J connectivity index is 2.55. The molecule has 1 rings (SSSR count). The van der Waals surface area contributed by atoms with E-state index in [1.54, 1.807) is 0 Å². The molecule has 0 aliphatic heterocycles. The molecule has 0 saturated carbocycles. The molecule has 0 spiro atoms. The Morgan fingerprint density at radius 1 is 1.41 bits per heavy atom. The van der Waals surface area contributed by atoms with E-state index in [1.807, 2.05) is 17.8 Å². The summed E-state index contributed by atoms with van der Waals surface area (Å²) in [5.41, 5.74) is 9.23. The number of nitrogens with two attached hydrogens (primary N) is 1. The number of hydrogen-bond donors (Lipinski definition) is 1. The maximum atomic E-state index is 5.83. The number of benzene rings is 1. The Kier molecular flexibility index (Phi) is 5.86. The molecule has 1 atom stereocenters. The predicted molar refractivity (Wildman–Crippen MR) is 79.5 cm³/mol. The highest BCUT2D eigenvalue weighted by Gasteiger charge is 2.09. The van der Waals surface area contributed by atoms with E-state index in [4.69, 9.17) is 5.73 Å². The lowest BCUT2D eigenvalue weighted by molar-refractivity contribution is 0.245. The Morgan fingerprint density at radius 3 is 2.71 bits per heavy atom. The molecule has 1 aromatic rings. The van der Waals surface area contributed by atoms with Crippen molar-refractivity contribution in [3.8, 4) is 0 Å². The first-order valence-electron chi connectivity index (χ1n) is 6.08. The first-order valence-corrected chi connectivity index (χ1v) is 7.48. The SMILES string of the molecule is CSCCC(C)N(C)Cc1ccc(N)c(C)c1. The Hall–Kier alpha value is -0.670. The summed E-state index contributed by atoms with van der Waals surface area (Å²) in [5, 5.41) is 0. The van der Waals surface area contributed by atoms with Gasteiger partial charge in [-0.1, -0.05) is 12.1 Å². The van der Waals surface area contributed by atoms with Crippen molar-refractivity contribution in [3.63, 3.8) is 0 Å². The summed E-state index contributed by atoms with van der Waals surface area (Å²) in [6, 6.07) is 6.94. The molecule has 0 saturated heterocycles. The van der Waals surface area contributed by atoms with E-state index >= 15 is 0 Å². The highest BCUT2D eigenvalue weighted by atomic mass is 32.2. The summed E-state index contributed by atoms with van der Waals surface area (Å²) in [6.07, 6.45) is 3.40. The van der Waals surface area contributed by atoms with Crippen LogP contribution in [0.4, 0.5) is 5.69 Å². The van der Waals surface area contributed by atoms with Crippen LogP contribution in [0.2, 0.25) is 0 Å². The normalized spacial score (nSPS) is 13.0. The summed E-state index contributed by atoms with van der Waals surface area (Å²) in [5.74, 6) is 1.23. The molecule has 0 fully saturated rings. The van der Waals surface area contributed by atoms with Crippen LogP contribution in [-0.2, 0) is 6.54 Å². The summed E-state index contributed by atoms with van der Waals surface area (Å²) < 4.78 is 0. The minimum absolute atomic E-state index is 0.625.